The predicted octanol–water partition coefficient (Wildman–Crippen LogP) is 4.13. The first-order valence-electron chi connectivity index (χ1n) is 8.45. The van der Waals surface area contributed by atoms with E-state index in [-0.39, 0.29) is 0 Å². The van der Waals surface area contributed by atoms with Gasteiger partial charge in [-0.2, -0.15) is 0 Å². The van der Waals surface area contributed by atoms with Gasteiger partial charge in [0.1, 0.15) is 0 Å². The number of carbonyl (C=O) groups excluding carboxylic acids is 2. The first-order valence-corrected chi connectivity index (χ1v) is 8.45. The second kappa shape index (κ2) is 7.74. The van der Waals surface area contributed by atoms with Crippen LogP contribution in [-0.4, -0.2) is 35.1 Å². The smallest absolute Gasteiger partial charge is 0.340 e. The maximum absolute atomic E-state index is 12.3. The van der Waals surface area contributed by atoms with Crippen molar-refractivity contribution in [3.8, 4) is 0 Å². The van der Waals surface area contributed by atoms with Crippen molar-refractivity contribution in [3.05, 3.63) is 59.7 Å². The Morgan fingerprint density at radius 2 is 1.08 bits per heavy atom. The fourth-order valence-electron chi connectivity index (χ4n) is 2.63. The summed E-state index contributed by atoms with van der Waals surface area (Å²) in [6.45, 7) is 4.14. The van der Waals surface area contributed by atoms with Crippen LogP contribution in [0.25, 0.3) is 22.1 Å². The summed E-state index contributed by atoms with van der Waals surface area (Å²) in [5.41, 5.74) is 3.65. The maximum atomic E-state index is 12.3. The average Bonchev–Trinajstić information content (AvgIpc) is 3.25. The number of aromatic nitrogens is 2. The molecule has 6 heteroatoms. The highest BCUT2D eigenvalue weighted by atomic mass is 16.5. The lowest BCUT2D eigenvalue weighted by atomic mass is 10.2. The third-order valence-corrected chi connectivity index (χ3v) is 3.85. The second-order valence-electron chi connectivity index (χ2n) is 5.59. The molecule has 0 aliphatic carbocycles. The predicted molar refractivity (Wildman–Crippen MR) is 99.7 cm³/mol. The molecule has 4 bridgehead atoms. The largest absolute Gasteiger partial charge is 0.462 e. The Bertz CT molecular complexity index is 932. The summed E-state index contributed by atoms with van der Waals surface area (Å²) in [4.78, 5) is 30.9. The number of nitrogens with one attached hydrogen (secondary N) is 2. The maximum Gasteiger partial charge on any atom is 0.340 e. The van der Waals surface area contributed by atoms with Crippen LogP contribution >= 0.6 is 0 Å². The summed E-state index contributed by atoms with van der Waals surface area (Å²) in [5.74, 6) is -0.799. The molecule has 0 aromatic carbocycles. The van der Waals surface area contributed by atoms with E-state index in [1.54, 1.807) is 50.2 Å². The van der Waals surface area contributed by atoms with E-state index in [1.165, 1.54) is 0 Å². The molecule has 0 radical (unpaired) electrons. The third-order valence-electron chi connectivity index (χ3n) is 3.85. The standard InChI is InChI=1S/C20H20N2O4/c1-3-25-19(23)15-9-5-13-8-12-18(22-13)16(20(24)26-4-2)10-6-14-7-11-17(15)21-14/h5-12,21-22H,3-4H2,1-2H3. The van der Waals surface area contributed by atoms with Gasteiger partial charge in [-0.3, -0.25) is 0 Å². The molecule has 134 valence electrons. The van der Waals surface area contributed by atoms with Crippen LogP contribution in [-0.2, 0) is 9.47 Å². The number of carbonyl (C=O) groups is 2. The Balaban J connectivity index is 2.27. The number of esters is 2. The molecule has 0 saturated carbocycles. The van der Waals surface area contributed by atoms with E-state index in [9.17, 15) is 9.59 Å². The highest BCUT2D eigenvalue weighted by Crippen LogP contribution is 2.15. The molecule has 0 aliphatic heterocycles. The molecule has 3 rings (SSSR count). The lowest BCUT2D eigenvalue weighted by molar-refractivity contribution is 0.0519. The monoisotopic (exact) mass is 352 g/mol. The summed E-state index contributed by atoms with van der Waals surface area (Å²) in [6.07, 6.45) is 0. The van der Waals surface area contributed by atoms with Crippen molar-refractivity contribution < 1.29 is 19.1 Å². The van der Waals surface area contributed by atoms with E-state index in [4.69, 9.17) is 9.47 Å². The Kier molecular flexibility index (Phi) is 5.22. The van der Waals surface area contributed by atoms with Crippen molar-refractivity contribution in [2.75, 3.05) is 13.2 Å². The number of fused-ring (bicyclic) bond motifs is 4. The lowest BCUT2D eigenvalue weighted by Gasteiger charge is -2.01. The van der Waals surface area contributed by atoms with E-state index in [2.05, 4.69) is 9.97 Å². The van der Waals surface area contributed by atoms with Gasteiger partial charge in [0.05, 0.1) is 35.4 Å². The van der Waals surface area contributed by atoms with Gasteiger partial charge in [-0.1, -0.05) is 0 Å². The molecule has 3 heterocycles. The molecule has 0 fully saturated rings. The molecular weight excluding hydrogens is 332 g/mol. The number of hydrogen-bond acceptors (Lipinski definition) is 4. The molecule has 3 aromatic heterocycles. The molecule has 0 unspecified atom stereocenters. The Morgan fingerprint density at radius 1 is 0.692 bits per heavy atom. The normalized spacial score (nSPS) is 10.5. The van der Waals surface area contributed by atoms with Crippen molar-refractivity contribution in [2.45, 2.75) is 13.8 Å². The van der Waals surface area contributed by atoms with Gasteiger partial charge in [-0.05, 0) is 62.4 Å². The second-order valence-corrected chi connectivity index (χ2v) is 5.59. The first-order chi connectivity index (χ1) is 12.6. The molecule has 0 aliphatic rings. The number of aromatic amines is 2. The van der Waals surface area contributed by atoms with E-state index in [0.717, 1.165) is 11.0 Å². The van der Waals surface area contributed by atoms with E-state index < -0.39 is 11.9 Å². The van der Waals surface area contributed by atoms with Crippen LogP contribution in [0.2, 0.25) is 0 Å². The van der Waals surface area contributed by atoms with E-state index in [0.29, 0.717) is 35.4 Å². The van der Waals surface area contributed by atoms with Gasteiger partial charge in [0.25, 0.3) is 0 Å². The van der Waals surface area contributed by atoms with E-state index in [1.807, 2.05) is 12.1 Å². The SMILES string of the molecule is CCOC(=O)c1ccc2ccc([nH]2)c(C(=O)OCC)ccc2ccc1[nH]2. The molecule has 0 atom stereocenters. The molecule has 26 heavy (non-hydrogen) atoms. The van der Waals surface area contributed by atoms with Crippen LogP contribution in [0.15, 0.2) is 48.5 Å². The highest BCUT2D eigenvalue weighted by molar-refractivity contribution is 5.98. The molecule has 0 spiro atoms. The quantitative estimate of drug-likeness (QED) is 0.692. The van der Waals surface area contributed by atoms with Gasteiger partial charge in [0, 0.05) is 11.0 Å². The summed E-state index contributed by atoms with van der Waals surface area (Å²) >= 11 is 0. The minimum absolute atomic E-state index is 0.300. The minimum Gasteiger partial charge on any atom is -0.462 e. The van der Waals surface area contributed by atoms with Crippen LogP contribution in [0.3, 0.4) is 0 Å². The van der Waals surface area contributed by atoms with Gasteiger partial charge in [0.2, 0.25) is 0 Å². The van der Waals surface area contributed by atoms with Crippen molar-refractivity contribution in [2.24, 2.45) is 0 Å². The van der Waals surface area contributed by atoms with Crippen molar-refractivity contribution in [3.63, 3.8) is 0 Å². The number of H-pyrrole nitrogens is 2. The van der Waals surface area contributed by atoms with Crippen LogP contribution in [0, 0.1) is 0 Å². The molecule has 0 amide bonds. The fourth-order valence-corrected chi connectivity index (χ4v) is 2.63. The van der Waals surface area contributed by atoms with Crippen molar-refractivity contribution in [1.82, 2.24) is 9.97 Å². The third kappa shape index (κ3) is 3.69. The van der Waals surface area contributed by atoms with Crippen LogP contribution in [0.5, 0.6) is 0 Å². The van der Waals surface area contributed by atoms with E-state index >= 15 is 0 Å². The zero-order valence-electron chi connectivity index (χ0n) is 14.7. The zero-order chi connectivity index (χ0) is 18.5. The summed E-state index contributed by atoms with van der Waals surface area (Å²) in [7, 11) is 0. The lowest BCUT2D eigenvalue weighted by Crippen LogP contribution is -2.04. The summed E-state index contributed by atoms with van der Waals surface area (Å²) < 4.78 is 10.3. The highest BCUT2D eigenvalue weighted by Gasteiger charge is 2.10. The minimum atomic E-state index is -0.399. The Morgan fingerprint density at radius 3 is 1.46 bits per heavy atom. The molecule has 6 nitrogen and oxygen atoms in total. The zero-order valence-corrected chi connectivity index (χ0v) is 14.7. The molecule has 3 aromatic rings. The summed E-state index contributed by atoms with van der Waals surface area (Å²) in [6, 6.07) is 14.2. The summed E-state index contributed by atoms with van der Waals surface area (Å²) in [5, 5.41) is 0. The first kappa shape index (κ1) is 17.5. The fraction of sp³-hybridized carbons (Fsp3) is 0.200. The number of ether oxygens (including phenoxy) is 2. The number of rotatable bonds is 4. The molecular formula is C20H20N2O4. The van der Waals surface area contributed by atoms with Gasteiger partial charge < -0.3 is 19.4 Å². The molecule has 0 saturated heterocycles. The van der Waals surface area contributed by atoms with Gasteiger partial charge >= 0.3 is 11.9 Å². The topological polar surface area (TPSA) is 84.2 Å². The van der Waals surface area contributed by atoms with Crippen LogP contribution in [0.1, 0.15) is 34.6 Å². The number of hydrogen-bond donors (Lipinski definition) is 2. The van der Waals surface area contributed by atoms with Crippen LogP contribution < -0.4 is 0 Å². The van der Waals surface area contributed by atoms with Gasteiger partial charge in [-0.25, -0.2) is 9.59 Å². The average molecular weight is 352 g/mol. The van der Waals surface area contributed by atoms with Crippen molar-refractivity contribution in [1.29, 1.82) is 0 Å². The van der Waals surface area contributed by atoms with Crippen molar-refractivity contribution >= 4 is 34.0 Å². The van der Waals surface area contributed by atoms with Gasteiger partial charge in [-0.15, -0.1) is 0 Å². The van der Waals surface area contributed by atoms with Gasteiger partial charge in [0.15, 0.2) is 0 Å². The van der Waals surface area contributed by atoms with Crippen LogP contribution in [0.4, 0.5) is 0 Å². The molecule has 2 N–H and O–H groups in total. The Hall–Kier alpha value is -3.28. The Labute approximate surface area is 150 Å².